The van der Waals surface area contributed by atoms with Gasteiger partial charge in [-0.15, -0.1) is 11.3 Å². The lowest BCUT2D eigenvalue weighted by atomic mass is 9.86. The molecular weight excluding hydrogens is 709 g/mol. The van der Waals surface area contributed by atoms with E-state index in [4.69, 9.17) is 0 Å². The highest BCUT2D eigenvalue weighted by Crippen LogP contribution is 2.50. The molecule has 2 heterocycles. The van der Waals surface area contributed by atoms with Gasteiger partial charge in [0, 0.05) is 54.5 Å². The minimum Gasteiger partial charge on any atom is -0.333 e. The van der Waals surface area contributed by atoms with E-state index in [0.717, 1.165) is 17.1 Å². The van der Waals surface area contributed by atoms with Gasteiger partial charge in [0.1, 0.15) is 0 Å². The number of fused-ring (bicyclic) bond motifs is 6. The molecule has 0 fully saturated rings. The molecule has 3 heteroatoms. The van der Waals surface area contributed by atoms with E-state index in [1.807, 2.05) is 11.3 Å². The van der Waals surface area contributed by atoms with Gasteiger partial charge in [0.2, 0.25) is 0 Å². The third kappa shape index (κ3) is 5.96. The minimum atomic E-state index is 0.209. The summed E-state index contributed by atoms with van der Waals surface area (Å²) in [6.45, 7) is 0. The van der Waals surface area contributed by atoms with E-state index in [2.05, 4.69) is 228 Å². The van der Waals surface area contributed by atoms with Crippen LogP contribution < -0.4 is 9.80 Å². The van der Waals surface area contributed by atoms with Gasteiger partial charge in [-0.25, -0.2) is 0 Å². The first kappa shape index (κ1) is 33.4. The zero-order valence-corrected chi connectivity index (χ0v) is 32.1. The molecule has 2 aliphatic rings. The van der Waals surface area contributed by atoms with Gasteiger partial charge in [-0.05, 0) is 106 Å². The molecule has 11 rings (SSSR count). The largest absolute Gasteiger partial charge is 0.333 e. The lowest BCUT2D eigenvalue weighted by Crippen LogP contribution is -2.28. The minimum absolute atomic E-state index is 0.209. The van der Waals surface area contributed by atoms with Gasteiger partial charge < -0.3 is 9.80 Å². The molecule has 8 aromatic carbocycles. The topological polar surface area (TPSA) is 6.48 Å². The van der Waals surface area contributed by atoms with E-state index in [0.29, 0.717) is 0 Å². The Morgan fingerprint density at radius 2 is 0.965 bits per heavy atom. The maximum absolute atomic E-state index is 2.54. The summed E-state index contributed by atoms with van der Waals surface area (Å²) in [6.07, 6.45) is 7.23. The van der Waals surface area contributed by atoms with Gasteiger partial charge in [0.25, 0.3) is 0 Å². The second-order valence-corrected chi connectivity index (χ2v) is 16.0. The molecule has 0 amide bonds. The number of nitrogens with zero attached hydrogens (tertiary/aromatic N) is 2. The van der Waals surface area contributed by atoms with Crippen molar-refractivity contribution in [2.24, 2.45) is 0 Å². The van der Waals surface area contributed by atoms with E-state index in [1.54, 1.807) is 0 Å². The monoisotopic (exact) mass is 746 g/mol. The molecule has 270 valence electrons. The Bertz CT molecular complexity index is 2860. The Morgan fingerprint density at radius 1 is 0.439 bits per heavy atom. The van der Waals surface area contributed by atoms with Gasteiger partial charge in [-0.1, -0.05) is 152 Å². The number of para-hydroxylation sites is 1. The molecule has 1 aliphatic heterocycles. The molecule has 9 aromatic rings. The summed E-state index contributed by atoms with van der Waals surface area (Å²) in [4.78, 5) is 4.90. The zero-order valence-electron chi connectivity index (χ0n) is 31.2. The van der Waals surface area contributed by atoms with Crippen LogP contribution in [0.2, 0.25) is 0 Å². The van der Waals surface area contributed by atoms with Crippen LogP contribution in [0.4, 0.5) is 28.4 Å². The van der Waals surface area contributed by atoms with Crippen LogP contribution in [0.25, 0.3) is 48.0 Å². The summed E-state index contributed by atoms with van der Waals surface area (Å²) < 4.78 is 2.67. The fraction of sp³-hybridized carbons (Fsp3) is 0.0370. The molecule has 1 aliphatic carbocycles. The van der Waals surface area contributed by atoms with Crippen molar-refractivity contribution < 1.29 is 0 Å². The van der Waals surface area contributed by atoms with E-state index in [-0.39, 0.29) is 12.0 Å². The number of hydrogen-bond acceptors (Lipinski definition) is 3. The van der Waals surface area contributed by atoms with Gasteiger partial charge in [0.15, 0.2) is 0 Å². The quantitative estimate of drug-likeness (QED) is 0.160. The maximum Gasteiger partial charge on any atom is 0.0630 e. The summed E-state index contributed by atoms with van der Waals surface area (Å²) in [5, 5.41) is 2.67. The highest BCUT2D eigenvalue weighted by atomic mass is 32.1. The smallest absolute Gasteiger partial charge is 0.0630 e. The second kappa shape index (κ2) is 14.0. The lowest BCUT2D eigenvalue weighted by molar-refractivity contribution is 0.747. The SMILES string of the molecule is C1=CC2C(C=C1c1ccc(N(c3ccc(-c4ccccc4)cc3)c3ccc(-c4ccccc4)cc3)cc1)c1ccccc1N2c1ccc2sc3ccccc3c2c1. The number of benzene rings is 8. The molecule has 0 saturated carbocycles. The summed E-state index contributed by atoms with van der Waals surface area (Å²) in [5.41, 5.74) is 14.6. The Morgan fingerprint density at radius 3 is 1.61 bits per heavy atom. The average molecular weight is 747 g/mol. The van der Waals surface area contributed by atoms with Crippen LogP contribution in [0.15, 0.2) is 218 Å². The van der Waals surface area contributed by atoms with Gasteiger partial charge in [-0.2, -0.15) is 0 Å². The van der Waals surface area contributed by atoms with Gasteiger partial charge in [0.05, 0.1) is 6.04 Å². The van der Waals surface area contributed by atoms with Crippen molar-refractivity contribution in [3.8, 4) is 22.3 Å². The zero-order chi connectivity index (χ0) is 37.7. The van der Waals surface area contributed by atoms with Crippen LogP contribution in [0.3, 0.4) is 0 Å². The molecule has 0 spiro atoms. The van der Waals surface area contributed by atoms with Crippen LogP contribution in [0.5, 0.6) is 0 Å². The Labute approximate surface area is 337 Å². The number of thiophene rings is 1. The molecule has 2 unspecified atom stereocenters. The third-order valence-electron chi connectivity index (χ3n) is 11.6. The van der Waals surface area contributed by atoms with Crippen LogP contribution in [-0.4, -0.2) is 6.04 Å². The summed E-state index contributed by atoms with van der Waals surface area (Å²) in [7, 11) is 0. The lowest BCUT2D eigenvalue weighted by Gasteiger charge is -2.30. The summed E-state index contributed by atoms with van der Waals surface area (Å²) >= 11 is 1.87. The van der Waals surface area contributed by atoms with Gasteiger partial charge in [-0.3, -0.25) is 0 Å². The fourth-order valence-electron chi connectivity index (χ4n) is 8.82. The molecule has 2 atom stereocenters. The molecular formula is C54H38N2S. The fourth-order valence-corrected chi connectivity index (χ4v) is 9.91. The van der Waals surface area contributed by atoms with Crippen molar-refractivity contribution in [2.75, 3.05) is 9.80 Å². The van der Waals surface area contributed by atoms with Crippen molar-refractivity contribution in [1.29, 1.82) is 0 Å². The van der Waals surface area contributed by atoms with Crippen molar-refractivity contribution in [3.63, 3.8) is 0 Å². The molecule has 2 nitrogen and oxygen atoms in total. The van der Waals surface area contributed by atoms with Crippen molar-refractivity contribution in [2.45, 2.75) is 12.0 Å². The van der Waals surface area contributed by atoms with Crippen molar-refractivity contribution >= 4 is 65.5 Å². The molecule has 0 saturated heterocycles. The first-order valence-corrected chi connectivity index (χ1v) is 20.5. The Balaban J connectivity index is 0.925. The van der Waals surface area contributed by atoms with Crippen LogP contribution >= 0.6 is 11.3 Å². The number of hydrogen-bond donors (Lipinski definition) is 0. The standard InChI is InChI=1S/C54H38N2S/c1-3-11-37(12-4-1)39-19-26-43(27-20-39)55(44-28-21-40(22-29-44)38-13-5-2-6-14-38)45-30-23-41(24-31-45)42-25-33-52-49(35-42)47-15-7-9-17-51(47)56(52)46-32-34-54-50(36-46)48-16-8-10-18-53(48)57-54/h1-36,49,52H. The first-order chi connectivity index (χ1) is 28.2. The highest BCUT2D eigenvalue weighted by Gasteiger charge is 2.38. The molecule has 0 bridgehead atoms. The Hall–Kier alpha value is -6.94. The predicted molar refractivity (Wildman–Crippen MR) is 244 cm³/mol. The van der Waals surface area contributed by atoms with Crippen molar-refractivity contribution in [3.05, 3.63) is 230 Å². The molecule has 57 heavy (non-hydrogen) atoms. The highest BCUT2D eigenvalue weighted by molar-refractivity contribution is 7.25. The number of allylic oxidation sites excluding steroid dienone is 2. The molecule has 0 radical (unpaired) electrons. The van der Waals surface area contributed by atoms with E-state index in [9.17, 15) is 0 Å². The van der Waals surface area contributed by atoms with Gasteiger partial charge >= 0.3 is 0 Å². The van der Waals surface area contributed by atoms with Crippen molar-refractivity contribution in [1.82, 2.24) is 0 Å². The third-order valence-corrected chi connectivity index (χ3v) is 12.8. The number of anilines is 5. The second-order valence-electron chi connectivity index (χ2n) is 14.9. The summed E-state index contributed by atoms with van der Waals surface area (Å²) in [6, 6.07) is 73.0. The maximum atomic E-state index is 2.54. The Kier molecular flexibility index (Phi) is 8.19. The van der Waals surface area contributed by atoms with Crippen LogP contribution in [0.1, 0.15) is 17.0 Å². The van der Waals surface area contributed by atoms with E-state index >= 15 is 0 Å². The normalized spacial score (nSPS) is 15.7. The summed E-state index contributed by atoms with van der Waals surface area (Å²) in [5.74, 6) is 0.249. The van der Waals surface area contributed by atoms with E-state index in [1.165, 1.54) is 70.5 Å². The van der Waals surface area contributed by atoms with Crippen LogP contribution in [0, 0.1) is 0 Å². The average Bonchev–Trinajstić information content (AvgIpc) is 3.83. The molecule has 0 N–H and O–H groups in total. The molecule has 1 aromatic heterocycles. The van der Waals surface area contributed by atoms with E-state index < -0.39 is 0 Å². The number of rotatable bonds is 7. The van der Waals surface area contributed by atoms with Crippen LogP contribution in [-0.2, 0) is 0 Å². The predicted octanol–water partition coefficient (Wildman–Crippen LogP) is 15.1. The first-order valence-electron chi connectivity index (χ1n) is 19.7.